The van der Waals surface area contributed by atoms with E-state index in [0.717, 1.165) is 19.3 Å². The third-order valence-corrected chi connectivity index (χ3v) is 4.35. The van der Waals surface area contributed by atoms with Crippen LogP contribution in [0.3, 0.4) is 0 Å². The maximum Gasteiger partial charge on any atom is 0.254 e. The molecule has 2 N–H and O–H groups in total. The van der Waals surface area contributed by atoms with Gasteiger partial charge in [0.25, 0.3) is 5.91 Å². The van der Waals surface area contributed by atoms with Crippen LogP contribution in [0.15, 0.2) is 18.2 Å². The van der Waals surface area contributed by atoms with Crippen molar-refractivity contribution in [3.63, 3.8) is 0 Å². The van der Waals surface area contributed by atoms with Gasteiger partial charge in [0.2, 0.25) is 5.91 Å². The van der Waals surface area contributed by atoms with Crippen LogP contribution in [-0.2, 0) is 14.3 Å². The molecule has 24 heavy (non-hydrogen) atoms. The molecule has 1 aliphatic carbocycles. The van der Waals surface area contributed by atoms with Crippen molar-refractivity contribution < 1.29 is 23.5 Å². The second kappa shape index (κ2) is 6.86. The smallest absolute Gasteiger partial charge is 0.254 e. The molecule has 6 nitrogen and oxygen atoms in total. The highest BCUT2D eigenvalue weighted by molar-refractivity contribution is 5.97. The van der Waals surface area contributed by atoms with Gasteiger partial charge in [-0.15, -0.1) is 0 Å². The Hall–Kier alpha value is -1.99. The zero-order valence-corrected chi connectivity index (χ0v) is 13.6. The molecule has 1 spiro atoms. The molecule has 7 heteroatoms. The summed E-state index contributed by atoms with van der Waals surface area (Å²) in [5.41, 5.74) is 0.297. The lowest BCUT2D eigenvalue weighted by Crippen LogP contribution is -2.46. The number of hydrogen-bond acceptors (Lipinski definition) is 4. The van der Waals surface area contributed by atoms with Crippen molar-refractivity contribution in [2.45, 2.75) is 44.4 Å². The molecule has 0 radical (unpaired) electrons. The zero-order chi connectivity index (χ0) is 17.2. The van der Waals surface area contributed by atoms with E-state index in [9.17, 15) is 14.0 Å². The number of rotatable bonds is 3. The number of nitrogens with one attached hydrogen (secondary N) is 2. The summed E-state index contributed by atoms with van der Waals surface area (Å²) in [6, 6.07) is 3.80. The van der Waals surface area contributed by atoms with Crippen molar-refractivity contribution in [2.75, 3.05) is 18.5 Å². The molecular formula is C17H21FN2O4. The van der Waals surface area contributed by atoms with Crippen molar-refractivity contribution in [2.24, 2.45) is 0 Å². The number of amides is 2. The molecule has 1 aromatic carbocycles. The van der Waals surface area contributed by atoms with Crippen molar-refractivity contribution in [1.82, 2.24) is 5.32 Å². The Balaban J connectivity index is 1.69. The Morgan fingerprint density at radius 2 is 2.04 bits per heavy atom. The second-order valence-electron chi connectivity index (χ2n) is 6.25. The standard InChI is InChI=1S/C17H21FN2O4/c1-11(21)19-12-4-5-15(18)14(9-12)16(22)20-13-3-2-6-17(10-13)23-7-8-24-17/h4-5,9,13H,2-3,6-8,10H2,1H3,(H,19,21)(H,20,22)/t13-/m1/s1. The molecule has 0 unspecified atom stereocenters. The molecule has 0 bridgehead atoms. The number of ether oxygens (including phenoxy) is 2. The molecule has 1 saturated carbocycles. The lowest BCUT2D eigenvalue weighted by atomic mass is 9.89. The quantitative estimate of drug-likeness (QED) is 0.887. The average Bonchev–Trinajstić information content (AvgIpc) is 2.96. The molecule has 1 atom stereocenters. The van der Waals surface area contributed by atoms with E-state index in [1.165, 1.54) is 25.1 Å². The van der Waals surface area contributed by atoms with Gasteiger partial charge in [-0.1, -0.05) is 0 Å². The molecule has 3 rings (SSSR count). The van der Waals surface area contributed by atoms with E-state index in [1.54, 1.807) is 0 Å². The summed E-state index contributed by atoms with van der Waals surface area (Å²) >= 11 is 0. The van der Waals surface area contributed by atoms with Crippen LogP contribution in [0.25, 0.3) is 0 Å². The largest absolute Gasteiger partial charge is 0.349 e. The predicted molar refractivity (Wildman–Crippen MR) is 85.1 cm³/mol. The molecule has 1 heterocycles. The summed E-state index contributed by atoms with van der Waals surface area (Å²) in [7, 11) is 0. The van der Waals surface area contributed by atoms with Crippen molar-refractivity contribution in [3.8, 4) is 0 Å². The first-order valence-corrected chi connectivity index (χ1v) is 8.13. The molecule has 2 fully saturated rings. The van der Waals surface area contributed by atoms with Gasteiger partial charge in [-0.3, -0.25) is 9.59 Å². The lowest BCUT2D eigenvalue weighted by molar-refractivity contribution is -0.181. The summed E-state index contributed by atoms with van der Waals surface area (Å²) in [5.74, 6) is -2.01. The summed E-state index contributed by atoms with van der Waals surface area (Å²) in [4.78, 5) is 23.5. The predicted octanol–water partition coefficient (Wildman–Crippen LogP) is 2.20. The van der Waals surface area contributed by atoms with E-state index in [1.807, 2.05) is 0 Å². The molecule has 0 aromatic heterocycles. The Labute approximate surface area is 139 Å². The Kier molecular flexibility index (Phi) is 4.82. The third-order valence-electron chi connectivity index (χ3n) is 4.35. The van der Waals surface area contributed by atoms with Gasteiger partial charge in [0, 0.05) is 31.5 Å². The highest BCUT2D eigenvalue weighted by Crippen LogP contribution is 2.35. The minimum Gasteiger partial charge on any atom is -0.349 e. The molecule has 1 aliphatic heterocycles. The van der Waals surface area contributed by atoms with Crippen LogP contribution in [0.2, 0.25) is 0 Å². The Bertz CT molecular complexity index is 643. The van der Waals surface area contributed by atoms with Crippen molar-refractivity contribution in [3.05, 3.63) is 29.6 Å². The summed E-state index contributed by atoms with van der Waals surface area (Å²) < 4.78 is 25.4. The number of anilines is 1. The summed E-state index contributed by atoms with van der Waals surface area (Å²) in [6.45, 7) is 2.48. The number of benzene rings is 1. The number of hydrogen-bond donors (Lipinski definition) is 2. The lowest BCUT2D eigenvalue weighted by Gasteiger charge is -2.36. The molecule has 1 saturated heterocycles. The van der Waals surface area contributed by atoms with Gasteiger partial charge in [0.05, 0.1) is 18.8 Å². The van der Waals surface area contributed by atoms with Gasteiger partial charge in [0.1, 0.15) is 5.82 Å². The van der Waals surface area contributed by atoms with Gasteiger partial charge >= 0.3 is 0 Å². The molecule has 130 valence electrons. The molecule has 1 aromatic rings. The number of carbonyl (C=O) groups is 2. The monoisotopic (exact) mass is 336 g/mol. The average molecular weight is 336 g/mol. The zero-order valence-electron chi connectivity index (χ0n) is 13.6. The first-order valence-electron chi connectivity index (χ1n) is 8.13. The maximum absolute atomic E-state index is 14.0. The fourth-order valence-corrected chi connectivity index (χ4v) is 3.32. The van der Waals surface area contributed by atoms with E-state index in [4.69, 9.17) is 9.47 Å². The van der Waals surface area contributed by atoms with Gasteiger partial charge in [-0.2, -0.15) is 0 Å². The van der Waals surface area contributed by atoms with Crippen LogP contribution in [0.4, 0.5) is 10.1 Å². The Morgan fingerprint density at radius 1 is 1.29 bits per heavy atom. The normalized spacial score (nSPS) is 22.3. The van der Waals surface area contributed by atoms with Crippen LogP contribution in [0.5, 0.6) is 0 Å². The van der Waals surface area contributed by atoms with Gasteiger partial charge < -0.3 is 20.1 Å². The van der Waals surface area contributed by atoms with Crippen molar-refractivity contribution >= 4 is 17.5 Å². The second-order valence-corrected chi connectivity index (χ2v) is 6.25. The van der Waals surface area contributed by atoms with Crippen LogP contribution in [-0.4, -0.2) is 36.9 Å². The van der Waals surface area contributed by atoms with E-state index in [2.05, 4.69) is 10.6 Å². The SMILES string of the molecule is CC(=O)Nc1ccc(F)c(C(=O)N[C@@H]2CCCC3(C2)OCCO3)c1. The van der Waals surface area contributed by atoms with E-state index >= 15 is 0 Å². The Morgan fingerprint density at radius 3 is 2.75 bits per heavy atom. The van der Waals surface area contributed by atoms with Crippen molar-refractivity contribution in [1.29, 1.82) is 0 Å². The van der Waals surface area contributed by atoms with Gasteiger partial charge in [-0.25, -0.2) is 4.39 Å². The van der Waals surface area contributed by atoms with Crippen LogP contribution >= 0.6 is 0 Å². The summed E-state index contributed by atoms with van der Waals surface area (Å²) in [5, 5.41) is 5.40. The molecular weight excluding hydrogens is 315 g/mol. The van der Waals surface area contributed by atoms with E-state index in [0.29, 0.717) is 25.3 Å². The fourth-order valence-electron chi connectivity index (χ4n) is 3.32. The highest BCUT2D eigenvalue weighted by atomic mass is 19.1. The number of carbonyl (C=O) groups excluding carboxylic acids is 2. The van der Waals surface area contributed by atoms with Crippen LogP contribution in [0, 0.1) is 5.82 Å². The van der Waals surface area contributed by atoms with Gasteiger partial charge in [0.15, 0.2) is 5.79 Å². The topological polar surface area (TPSA) is 76.7 Å². The first kappa shape index (κ1) is 16.9. The minimum atomic E-state index is -0.625. The number of halogens is 1. The van der Waals surface area contributed by atoms with E-state index < -0.39 is 17.5 Å². The minimum absolute atomic E-state index is 0.0888. The fraction of sp³-hybridized carbons (Fsp3) is 0.529. The molecule has 2 amide bonds. The highest BCUT2D eigenvalue weighted by Gasteiger charge is 2.41. The maximum atomic E-state index is 14.0. The molecule has 2 aliphatic rings. The van der Waals surface area contributed by atoms with Crippen LogP contribution < -0.4 is 10.6 Å². The third kappa shape index (κ3) is 3.73. The summed E-state index contributed by atoms with van der Waals surface area (Å²) in [6.07, 6.45) is 3.05. The first-order chi connectivity index (χ1) is 11.5. The van der Waals surface area contributed by atoms with Crippen LogP contribution in [0.1, 0.15) is 43.0 Å². The van der Waals surface area contributed by atoms with Gasteiger partial charge in [-0.05, 0) is 31.0 Å². The van der Waals surface area contributed by atoms with E-state index in [-0.39, 0.29) is 17.5 Å².